The molecule has 2 aromatic heterocycles. The van der Waals surface area contributed by atoms with Crippen LogP contribution in [0.4, 0.5) is 0 Å². The van der Waals surface area contributed by atoms with Gasteiger partial charge in [-0.25, -0.2) is 4.98 Å². The molecule has 0 saturated heterocycles. The maximum absolute atomic E-state index is 13.6. The predicted octanol–water partition coefficient (Wildman–Crippen LogP) is 4.50. The summed E-state index contributed by atoms with van der Waals surface area (Å²) in [6.07, 6.45) is 3.96. The first-order valence-electron chi connectivity index (χ1n) is 9.74. The molecule has 7 heteroatoms. The predicted molar refractivity (Wildman–Crippen MR) is 115 cm³/mol. The van der Waals surface area contributed by atoms with Crippen molar-refractivity contribution in [2.45, 2.75) is 26.3 Å². The SMILES string of the molecule is CCCN1C(=O)C(O)=C(C(=O)c2sc(-c3ccccc3)nc2C)C1c1cccnc1. The van der Waals surface area contributed by atoms with Gasteiger partial charge in [-0.15, -0.1) is 11.3 Å². The van der Waals surface area contributed by atoms with Gasteiger partial charge in [0.1, 0.15) is 5.01 Å². The zero-order valence-electron chi connectivity index (χ0n) is 16.7. The molecule has 4 rings (SSSR count). The smallest absolute Gasteiger partial charge is 0.290 e. The van der Waals surface area contributed by atoms with Crippen LogP contribution in [0.2, 0.25) is 0 Å². The quantitative estimate of drug-likeness (QED) is 0.595. The molecule has 1 aliphatic rings. The fourth-order valence-corrected chi connectivity index (χ4v) is 4.70. The number of rotatable bonds is 6. The van der Waals surface area contributed by atoms with E-state index in [2.05, 4.69) is 9.97 Å². The maximum Gasteiger partial charge on any atom is 0.290 e. The first-order valence-corrected chi connectivity index (χ1v) is 10.6. The van der Waals surface area contributed by atoms with Crippen molar-refractivity contribution in [1.29, 1.82) is 0 Å². The molecule has 1 unspecified atom stereocenters. The molecule has 0 aliphatic carbocycles. The minimum Gasteiger partial charge on any atom is -0.503 e. The molecule has 6 nitrogen and oxygen atoms in total. The normalized spacial score (nSPS) is 16.4. The number of aryl methyl sites for hydroxylation is 1. The van der Waals surface area contributed by atoms with E-state index in [1.807, 2.05) is 43.3 Å². The third-order valence-corrected chi connectivity index (χ3v) is 6.24. The number of aliphatic hydroxyl groups is 1. The number of ketones is 1. The van der Waals surface area contributed by atoms with Gasteiger partial charge in [-0.2, -0.15) is 0 Å². The highest BCUT2D eigenvalue weighted by Gasteiger charge is 2.44. The van der Waals surface area contributed by atoms with E-state index >= 15 is 0 Å². The van der Waals surface area contributed by atoms with Crippen molar-refractivity contribution in [2.75, 3.05) is 6.54 Å². The number of carbonyl (C=O) groups excluding carboxylic acids is 2. The molecule has 3 aromatic rings. The van der Waals surface area contributed by atoms with Gasteiger partial charge >= 0.3 is 0 Å². The average Bonchev–Trinajstić information content (AvgIpc) is 3.28. The number of hydrogen-bond donors (Lipinski definition) is 1. The zero-order chi connectivity index (χ0) is 21.3. The summed E-state index contributed by atoms with van der Waals surface area (Å²) in [5, 5.41) is 11.4. The number of benzene rings is 1. The maximum atomic E-state index is 13.6. The Labute approximate surface area is 178 Å². The minimum absolute atomic E-state index is 0.0906. The van der Waals surface area contributed by atoms with Crippen LogP contribution in [0, 0.1) is 6.92 Å². The Hall–Kier alpha value is -3.32. The number of aromatic nitrogens is 2. The molecular weight excluding hydrogens is 398 g/mol. The number of hydrogen-bond acceptors (Lipinski definition) is 6. The van der Waals surface area contributed by atoms with Gasteiger partial charge in [0.25, 0.3) is 5.91 Å². The molecule has 0 bridgehead atoms. The van der Waals surface area contributed by atoms with Crippen LogP contribution in [0.5, 0.6) is 0 Å². The number of pyridine rings is 1. The Morgan fingerprint density at radius 1 is 1.20 bits per heavy atom. The second-order valence-corrected chi connectivity index (χ2v) is 8.08. The van der Waals surface area contributed by atoms with Crippen molar-refractivity contribution in [3.8, 4) is 10.6 Å². The van der Waals surface area contributed by atoms with Crippen LogP contribution in [-0.4, -0.2) is 38.2 Å². The molecule has 1 N–H and O–H groups in total. The molecule has 0 fully saturated rings. The molecule has 0 saturated carbocycles. The second-order valence-electron chi connectivity index (χ2n) is 7.08. The molecule has 152 valence electrons. The molecule has 30 heavy (non-hydrogen) atoms. The molecular formula is C23H21N3O3S. The minimum atomic E-state index is -0.666. The van der Waals surface area contributed by atoms with Crippen LogP contribution in [-0.2, 0) is 4.79 Å². The Balaban J connectivity index is 1.79. The summed E-state index contributed by atoms with van der Waals surface area (Å²) in [6, 6.07) is 12.5. The highest BCUT2D eigenvalue weighted by molar-refractivity contribution is 7.17. The van der Waals surface area contributed by atoms with Gasteiger partial charge in [0.05, 0.1) is 22.2 Å². The summed E-state index contributed by atoms with van der Waals surface area (Å²) in [4.78, 5) is 37.0. The fourth-order valence-electron chi connectivity index (χ4n) is 3.68. The number of thiazole rings is 1. The first-order chi connectivity index (χ1) is 14.5. The lowest BCUT2D eigenvalue weighted by atomic mass is 9.96. The van der Waals surface area contributed by atoms with E-state index in [0.29, 0.717) is 29.1 Å². The summed E-state index contributed by atoms with van der Waals surface area (Å²) in [5.41, 5.74) is 2.28. The lowest BCUT2D eigenvalue weighted by molar-refractivity contribution is -0.129. The number of nitrogens with zero attached hydrogens (tertiary/aromatic N) is 3. The molecule has 1 atom stereocenters. The third-order valence-electron chi connectivity index (χ3n) is 5.04. The Morgan fingerprint density at radius 2 is 1.97 bits per heavy atom. The summed E-state index contributed by atoms with van der Waals surface area (Å²) >= 11 is 1.27. The molecule has 0 radical (unpaired) electrons. The van der Waals surface area contributed by atoms with E-state index in [9.17, 15) is 14.7 Å². The summed E-state index contributed by atoms with van der Waals surface area (Å²) in [7, 11) is 0. The Morgan fingerprint density at radius 3 is 2.63 bits per heavy atom. The van der Waals surface area contributed by atoms with Crippen LogP contribution in [0.15, 0.2) is 66.2 Å². The topological polar surface area (TPSA) is 83.4 Å². The number of carbonyl (C=O) groups is 2. The lowest BCUT2D eigenvalue weighted by Crippen LogP contribution is -2.31. The first kappa shape index (κ1) is 20.0. The third kappa shape index (κ3) is 3.41. The van der Waals surface area contributed by atoms with Crippen molar-refractivity contribution < 1.29 is 14.7 Å². The lowest BCUT2D eigenvalue weighted by Gasteiger charge is -2.26. The Kier molecular flexibility index (Phi) is 5.46. The van der Waals surface area contributed by atoms with Gasteiger partial charge in [-0.3, -0.25) is 14.6 Å². The summed E-state index contributed by atoms with van der Waals surface area (Å²) in [5.74, 6) is -1.39. The van der Waals surface area contributed by atoms with E-state index in [1.165, 1.54) is 16.2 Å². The van der Waals surface area contributed by atoms with Gasteiger partial charge in [0.2, 0.25) is 5.78 Å². The van der Waals surface area contributed by atoms with Crippen molar-refractivity contribution in [3.63, 3.8) is 0 Å². The van der Waals surface area contributed by atoms with Crippen LogP contribution in [0.25, 0.3) is 10.6 Å². The highest BCUT2D eigenvalue weighted by atomic mass is 32.1. The van der Waals surface area contributed by atoms with E-state index in [0.717, 1.165) is 10.6 Å². The fraction of sp³-hybridized carbons (Fsp3) is 0.217. The largest absolute Gasteiger partial charge is 0.503 e. The standard InChI is InChI=1S/C23H21N3O3S/c1-3-12-26-18(16-10-7-11-24-13-16)17(20(28)23(26)29)19(27)21-14(2)25-22(30-21)15-8-5-4-6-9-15/h4-11,13,18,28H,3,12H2,1-2H3. The van der Waals surface area contributed by atoms with Gasteiger partial charge in [-0.1, -0.05) is 43.3 Å². The van der Waals surface area contributed by atoms with Crippen LogP contribution < -0.4 is 0 Å². The van der Waals surface area contributed by atoms with Gasteiger partial charge in [0.15, 0.2) is 5.76 Å². The van der Waals surface area contributed by atoms with Crippen molar-refractivity contribution in [3.05, 3.63) is 82.3 Å². The summed E-state index contributed by atoms with van der Waals surface area (Å²) < 4.78 is 0. The van der Waals surface area contributed by atoms with Crippen LogP contribution in [0.3, 0.4) is 0 Å². The van der Waals surface area contributed by atoms with Crippen LogP contribution >= 0.6 is 11.3 Å². The second kappa shape index (κ2) is 8.20. The molecule has 1 amide bonds. The van der Waals surface area contributed by atoms with E-state index in [1.54, 1.807) is 25.4 Å². The highest BCUT2D eigenvalue weighted by Crippen LogP contribution is 2.40. The van der Waals surface area contributed by atoms with Crippen molar-refractivity contribution in [2.24, 2.45) is 0 Å². The van der Waals surface area contributed by atoms with Crippen molar-refractivity contribution in [1.82, 2.24) is 14.9 Å². The Bertz CT molecular complexity index is 1120. The van der Waals surface area contributed by atoms with Crippen LogP contribution in [0.1, 0.15) is 40.3 Å². The molecule has 3 heterocycles. The number of Topliss-reactive ketones (excluding diaryl/α,β-unsaturated/α-hetero) is 1. The van der Waals surface area contributed by atoms with Crippen molar-refractivity contribution >= 4 is 23.0 Å². The van der Waals surface area contributed by atoms with E-state index in [4.69, 9.17) is 0 Å². The average molecular weight is 420 g/mol. The van der Waals surface area contributed by atoms with Gasteiger partial charge in [0, 0.05) is 24.5 Å². The molecule has 1 aliphatic heterocycles. The van der Waals surface area contributed by atoms with Gasteiger partial charge < -0.3 is 10.0 Å². The zero-order valence-corrected chi connectivity index (χ0v) is 17.5. The number of amides is 1. The van der Waals surface area contributed by atoms with E-state index in [-0.39, 0.29) is 11.4 Å². The number of aliphatic hydroxyl groups excluding tert-OH is 1. The van der Waals surface area contributed by atoms with Gasteiger partial charge in [-0.05, 0) is 25.0 Å². The van der Waals surface area contributed by atoms with E-state index < -0.39 is 17.7 Å². The summed E-state index contributed by atoms with van der Waals surface area (Å²) in [6.45, 7) is 4.15. The molecule has 1 aromatic carbocycles. The monoisotopic (exact) mass is 419 g/mol. The molecule has 0 spiro atoms.